The molecule has 0 aliphatic rings. The van der Waals surface area contributed by atoms with Crippen LogP contribution in [0.1, 0.15) is 0 Å². The molecule has 11 nitrogen and oxygen atoms in total. The first-order valence-corrected chi connectivity index (χ1v) is 6.30. The lowest BCUT2D eigenvalue weighted by Gasteiger charge is -2.24. The van der Waals surface area contributed by atoms with E-state index in [2.05, 4.69) is 0 Å². The predicted molar refractivity (Wildman–Crippen MR) is 68.8 cm³/mol. The number of urea groups is 2. The Morgan fingerprint density at radius 2 is 1.55 bits per heavy atom. The summed E-state index contributed by atoms with van der Waals surface area (Å²) < 4.78 is 31.6. The minimum Gasteiger partial charge on any atom is -0.350 e. The minimum absolute atomic E-state index is 0.210. The molecule has 0 aromatic heterocycles. The van der Waals surface area contributed by atoms with Crippen molar-refractivity contribution in [3.05, 3.63) is 18.2 Å². The molecular formula is C8H12N6O5S. The summed E-state index contributed by atoms with van der Waals surface area (Å²) in [6, 6.07) is 0.833. The number of carbonyl (C=O) groups is 2. The first-order valence-electron chi connectivity index (χ1n) is 4.86. The van der Waals surface area contributed by atoms with Gasteiger partial charge in [-0.05, 0) is 12.1 Å². The van der Waals surface area contributed by atoms with Gasteiger partial charge in [-0.3, -0.25) is 4.55 Å². The summed E-state index contributed by atoms with van der Waals surface area (Å²) in [5.74, 6) is 10.7. The Kier molecular flexibility index (Phi) is 4.14. The summed E-state index contributed by atoms with van der Waals surface area (Å²) >= 11 is 0. The molecule has 1 rings (SSSR count). The highest BCUT2D eigenvalue weighted by Gasteiger charge is 2.27. The number of nitrogens with two attached hydrogens (primary N) is 4. The molecular weight excluding hydrogens is 292 g/mol. The van der Waals surface area contributed by atoms with Gasteiger partial charge < -0.3 is 11.5 Å². The topological polar surface area (TPSA) is 199 Å². The predicted octanol–water partition coefficient (Wildman–Crippen LogP) is -1.55. The van der Waals surface area contributed by atoms with Gasteiger partial charge in [0.2, 0.25) is 0 Å². The molecule has 0 spiro atoms. The minimum atomic E-state index is -4.76. The maximum Gasteiger partial charge on any atom is 0.333 e. The summed E-state index contributed by atoms with van der Waals surface area (Å²) in [6.07, 6.45) is 0. The summed E-state index contributed by atoms with van der Waals surface area (Å²) in [4.78, 5) is 21.4. The largest absolute Gasteiger partial charge is 0.350 e. The van der Waals surface area contributed by atoms with Gasteiger partial charge in [0.1, 0.15) is 10.6 Å². The molecule has 0 atom stereocenters. The van der Waals surface area contributed by atoms with Crippen LogP contribution in [0.4, 0.5) is 21.0 Å². The lowest BCUT2D eigenvalue weighted by molar-refractivity contribution is 0.252. The van der Waals surface area contributed by atoms with Gasteiger partial charge in [-0.15, -0.1) is 0 Å². The first-order chi connectivity index (χ1) is 9.07. The van der Waals surface area contributed by atoms with E-state index in [9.17, 15) is 18.0 Å². The number of hydrogen-bond acceptors (Lipinski definition) is 6. The van der Waals surface area contributed by atoms with Gasteiger partial charge in [0.05, 0.1) is 5.69 Å². The van der Waals surface area contributed by atoms with Crippen LogP contribution >= 0.6 is 0 Å². The van der Waals surface area contributed by atoms with Crippen molar-refractivity contribution in [2.45, 2.75) is 4.90 Å². The third-order valence-corrected chi connectivity index (χ3v) is 3.12. The fourth-order valence-electron chi connectivity index (χ4n) is 1.38. The normalized spacial score (nSPS) is 10.9. The molecule has 4 amide bonds. The molecule has 0 saturated carbocycles. The van der Waals surface area contributed by atoms with Crippen LogP contribution < -0.4 is 33.2 Å². The molecule has 0 aliphatic heterocycles. The molecule has 0 aliphatic carbocycles. The molecule has 0 radical (unpaired) electrons. The molecule has 0 fully saturated rings. The number of benzene rings is 1. The molecule has 1 aromatic rings. The van der Waals surface area contributed by atoms with Gasteiger partial charge in [-0.25, -0.2) is 31.3 Å². The van der Waals surface area contributed by atoms with Gasteiger partial charge in [0, 0.05) is 0 Å². The SMILES string of the molecule is NC(=O)N(N)c1cccc(S(=O)(=O)O)c1N(N)C(N)=O. The summed E-state index contributed by atoms with van der Waals surface area (Å²) in [5.41, 5.74) is 8.95. The number of hydrogen-bond donors (Lipinski definition) is 5. The molecule has 0 saturated heterocycles. The van der Waals surface area contributed by atoms with E-state index in [-0.39, 0.29) is 10.7 Å². The average Bonchev–Trinajstić information content (AvgIpc) is 2.34. The average molecular weight is 304 g/mol. The number of hydrazine groups is 2. The molecule has 20 heavy (non-hydrogen) atoms. The number of anilines is 2. The lowest BCUT2D eigenvalue weighted by atomic mass is 10.2. The van der Waals surface area contributed by atoms with E-state index >= 15 is 0 Å². The zero-order chi connectivity index (χ0) is 15.7. The van der Waals surface area contributed by atoms with Crippen molar-refractivity contribution < 1.29 is 22.6 Å². The van der Waals surface area contributed by atoms with E-state index in [1.54, 1.807) is 0 Å². The van der Waals surface area contributed by atoms with Crippen LogP contribution in [0.25, 0.3) is 0 Å². The summed E-state index contributed by atoms with van der Waals surface area (Å²) in [7, 11) is -4.76. The molecule has 0 bridgehead atoms. The number of nitrogens with zero attached hydrogens (tertiary/aromatic N) is 2. The number of amides is 4. The van der Waals surface area contributed by atoms with Crippen LogP contribution in [0.15, 0.2) is 23.1 Å². The molecule has 0 unspecified atom stereocenters. The Hall–Kier alpha value is -2.41. The van der Waals surface area contributed by atoms with Crippen LogP contribution in [0, 0.1) is 0 Å². The fraction of sp³-hybridized carbons (Fsp3) is 0. The van der Waals surface area contributed by atoms with Crippen molar-refractivity contribution in [2.75, 3.05) is 10.0 Å². The Morgan fingerprint density at radius 1 is 1.05 bits per heavy atom. The van der Waals surface area contributed by atoms with Gasteiger partial charge in [-0.2, -0.15) is 8.42 Å². The maximum atomic E-state index is 11.3. The van der Waals surface area contributed by atoms with Crippen LogP contribution in [-0.2, 0) is 10.1 Å². The maximum absolute atomic E-state index is 11.3. The molecule has 12 heteroatoms. The third-order valence-electron chi connectivity index (χ3n) is 2.23. The van der Waals surface area contributed by atoms with Gasteiger partial charge in [0.15, 0.2) is 0 Å². The number of primary amides is 2. The summed E-state index contributed by atoms with van der Waals surface area (Å²) in [6.45, 7) is 0. The Balaban J connectivity index is 3.70. The van der Waals surface area contributed by atoms with E-state index < -0.39 is 32.8 Å². The van der Waals surface area contributed by atoms with Gasteiger partial charge >= 0.3 is 12.1 Å². The van der Waals surface area contributed by atoms with Crippen molar-refractivity contribution in [2.24, 2.45) is 23.2 Å². The van der Waals surface area contributed by atoms with E-state index in [1.165, 1.54) is 0 Å². The van der Waals surface area contributed by atoms with Gasteiger partial charge in [-0.1, -0.05) is 6.07 Å². The van der Waals surface area contributed by atoms with Crippen molar-refractivity contribution in [1.29, 1.82) is 0 Å². The lowest BCUT2D eigenvalue weighted by Crippen LogP contribution is -2.46. The van der Waals surface area contributed by atoms with Crippen molar-refractivity contribution in [1.82, 2.24) is 0 Å². The highest BCUT2D eigenvalue weighted by atomic mass is 32.2. The summed E-state index contributed by atoms with van der Waals surface area (Å²) in [5, 5.41) is 0.550. The van der Waals surface area contributed by atoms with Crippen LogP contribution in [0.3, 0.4) is 0 Å². The van der Waals surface area contributed by atoms with Crippen molar-refractivity contribution in [3.63, 3.8) is 0 Å². The van der Waals surface area contributed by atoms with Crippen molar-refractivity contribution >= 4 is 33.6 Å². The van der Waals surface area contributed by atoms with Crippen LogP contribution in [0.5, 0.6) is 0 Å². The monoisotopic (exact) mass is 304 g/mol. The second kappa shape index (κ2) is 5.30. The van der Waals surface area contributed by atoms with E-state index in [0.717, 1.165) is 18.2 Å². The van der Waals surface area contributed by atoms with E-state index in [0.29, 0.717) is 5.01 Å². The third kappa shape index (κ3) is 2.94. The second-order valence-electron chi connectivity index (χ2n) is 3.52. The number of para-hydroxylation sites is 1. The zero-order valence-corrected chi connectivity index (χ0v) is 10.7. The Labute approximate surface area is 113 Å². The van der Waals surface area contributed by atoms with Gasteiger partial charge in [0.25, 0.3) is 10.1 Å². The molecule has 0 heterocycles. The number of carbonyl (C=O) groups excluding carboxylic acids is 2. The number of rotatable bonds is 3. The standard InChI is InChI=1S/C8H12N6O5S/c9-7(15)13(11)4-2-1-3-5(20(17,18)19)6(4)14(12)8(10)16/h1-3H,11-12H2,(H2,9,15)(H2,10,16)(H,17,18,19). The Morgan fingerprint density at radius 3 is 1.95 bits per heavy atom. The van der Waals surface area contributed by atoms with Crippen LogP contribution in [-0.4, -0.2) is 25.0 Å². The smallest absolute Gasteiger partial charge is 0.333 e. The molecule has 1 aromatic carbocycles. The highest BCUT2D eigenvalue weighted by Crippen LogP contribution is 2.33. The first kappa shape index (κ1) is 15.6. The van der Waals surface area contributed by atoms with Crippen LogP contribution in [0.2, 0.25) is 0 Å². The molecule has 9 N–H and O–H groups in total. The Bertz CT molecular complexity index is 659. The second-order valence-corrected chi connectivity index (χ2v) is 4.91. The van der Waals surface area contributed by atoms with E-state index in [4.69, 9.17) is 27.7 Å². The van der Waals surface area contributed by atoms with E-state index in [1.807, 2.05) is 0 Å². The highest BCUT2D eigenvalue weighted by molar-refractivity contribution is 7.86. The quantitative estimate of drug-likeness (QED) is 0.192. The zero-order valence-electron chi connectivity index (χ0n) is 9.92. The molecule has 110 valence electrons. The van der Waals surface area contributed by atoms with Crippen molar-refractivity contribution in [3.8, 4) is 0 Å². The fourth-order valence-corrected chi connectivity index (χ4v) is 2.08.